The van der Waals surface area contributed by atoms with E-state index in [1.807, 2.05) is 20.0 Å². The Kier molecular flexibility index (Phi) is 3.59. The molecule has 0 spiro atoms. The molecular formula is C15H16ClN3O2. The van der Waals surface area contributed by atoms with Gasteiger partial charge in [-0.2, -0.15) is 0 Å². The van der Waals surface area contributed by atoms with E-state index in [0.717, 1.165) is 29.1 Å². The van der Waals surface area contributed by atoms with Crippen LogP contribution in [0.5, 0.6) is 11.5 Å². The van der Waals surface area contributed by atoms with E-state index in [4.69, 9.17) is 21.1 Å². The Morgan fingerprint density at radius 2 is 2.10 bits per heavy atom. The van der Waals surface area contributed by atoms with Crippen molar-refractivity contribution < 1.29 is 9.47 Å². The summed E-state index contributed by atoms with van der Waals surface area (Å²) in [4.78, 5) is 9.19. The topological polar surface area (TPSA) is 56.3 Å². The highest BCUT2D eigenvalue weighted by molar-refractivity contribution is 6.32. The molecule has 1 aromatic heterocycles. The van der Waals surface area contributed by atoms with Crippen molar-refractivity contribution in [1.29, 1.82) is 0 Å². The van der Waals surface area contributed by atoms with Crippen molar-refractivity contribution in [3.8, 4) is 22.9 Å². The van der Waals surface area contributed by atoms with E-state index in [1.165, 1.54) is 0 Å². The summed E-state index contributed by atoms with van der Waals surface area (Å²) in [5.41, 5.74) is 2.89. The first kappa shape index (κ1) is 13.9. The van der Waals surface area contributed by atoms with Gasteiger partial charge in [0.1, 0.15) is 5.82 Å². The fourth-order valence-corrected chi connectivity index (χ4v) is 2.64. The zero-order chi connectivity index (χ0) is 15.0. The van der Waals surface area contributed by atoms with Crippen LogP contribution in [-0.2, 0) is 6.42 Å². The van der Waals surface area contributed by atoms with Crippen molar-refractivity contribution in [3.05, 3.63) is 28.4 Å². The molecule has 6 heteroatoms. The van der Waals surface area contributed by atoms with E-state index in [9.17, 15) is 0 Å². The van der Waals surface area contributed by atoms with Crippen molar-refractivity contribution in [3.63, 3.8) is 0 Å². The van der Waals surface area contributed by atoms with Gasteiger partial charge in [0.05, 0.1) is 5.02 Å². The summed E-state index contributed by atoms with van der Waals surface area (Å²) in [5.74, 6) is 2.66. The van der Waals surface area contributed by atoms with Gasteiger partial charge in [0.25, 0.3) is 0 Å². The number of aryl methyl sites for hydroxylation is 1. The predicted octanol–water partition coefficient (Wildman–Crippen LogP) is 3.44. The van der Waals surface area contributed by atoms with E-state index >= 15 is 0 Å². The van der Waals surface area contributed by atoms with Crippen LogP contribution in [0.3, 0.4) is 0 Å². The van der Waals surface area contributed by atoms with Crippen LogP contribution in [0.25, 0.3) is 11.4 Å². The number of ether oxygens (including phenoxy) is 2. The molecule has 1 aliphatic rings. The van der Waals surface area contributed by atoms with Crippen LogP contribution in [0.15, 0.2) is 12.1 Å². The third-order valence-corrected chi connectivity index (χ3v) is 3.78. The maximum Gasteiger partial charge on any atom is 0.231 e. The molecule has 0 unspecified atom stereocenters. The van der Waals surface area contributed by atoms with Crippen LogP contribution in [0.4, 0.5) is 5.82 Å². The first-order valence-corrected chi connectivity index (χ1v) is 7.16. The van der Waals surface area contributed by atoms with Crippen molar-refractivity contribution in [2.24, 2.45) is 0 Å². The van der Waals surface area contributed by atoms with Gasteiger partial charge in [-0.1, -0.05) is 18.5 Å². The molecule has 3 rings (SSSR count). The number of rotatable bonds is 3. The number of hydrogen-bond donors (Lipinski definition) is 1. The zero-order valence-corrected chi connectivity index (χ0v) is 12.9. The standard InChI is InChI=1S/C15H16ClN3O2/c1-4-11-8(2)14(17-3)19-15(18-11)9-5-10(16)13-12(6-9)20-7-21-13/h5-6H,4,7H2,1-3H3,(H,17,18,19). The Labute approximate surface area is 128 Å². The second-order valence-electron chi connectivity index (χ2n) is 4.76. The van der Waals surface area contributed by atoms with Crippen LogP contribution < -0.4 is 14.8 Å². The van der Waals surface area contributed by atoms with Crippen LogP contribution in [0.1, 0.15) is 18.2 Å². The minimum atomic E-state index is 0.190. The summed E-state index contributed by atoms with van der Waals surface area (Å²) in [6.07, 6.45) is 0.842. The molecule has 0 aliphatic carbocycles. The van der Waals surface area contributed by atoms with Crippen molar-refractivity contribution >= 4 is 17.4 Å². The second kappa shape index (κ2) is 5.41. The Bertz CT molecular complexity index is 679. The lowest BCUT2D eigenvalue weighted by Gasteiger charge is -2.12. The molecule has 0 fully saturated rings. The predicted molar refractivity (Wildman–Crippen MR) is 82.3 cm³/mol. The Balaban J connectivity index is 2.14. The third kappa shape index (κ3) is 2.38. The molecule has 2 heterocycles. The lowest BCUT2D eigenvalue weighted by Crippen LogP contribution is -2.04. The molecule has 21 heavy (non-hydrogen) atoms. The molecule has 5 nitrogen and oxygen atoms in total. The van der Waals surface area contributed by atoms with Crippen molar-refractivity contribution in [1.82, 2.24) is 9.97 Å². The van der Waals surface area contributed by atoms with Crippen LogP contribution in [0, 0.1) is 6.92 Å². The van der Waals surface area contributed by atoms with Gasteiger partial charge in [-0.05, 0) is 25.5 Å². The fourth-order valence-electron chi connectivity index (χ4n) is 2.38. The minimum absolute atomic E-state index is 0.190. The fraction of sp³-hybridized carbons (Fsp3) is 0.333. The molecule has 0 saturated heterocycles. The monoisotopic (exact) mass is 305 g/mol. The third-order valence-electron chi connectivity index (χ3n) is 3.50. The first-order chi connectivity index (χ1) is 10.1. The number of nitrogens with zero attached hydrogens (tertiary/aromatic N) is 2. The molecule has 1 aromatic carbocycles. The first-order valence-electron chi connectivity index (χ1n) is 6.78. The molecule has 2 aromatic rings. The molecule has 0 amide bonds. The van der Waals surface area contributed by atoms with E-state index in [1.54, 1.807) is 6.07 Å². The number of aromatic nitrogens is 2. The number of fused-ring (bicyclic) bond motifs is 1. The van der Waals surface area contributed by atoms with E-state index in [2.05, 4.69) is 22.2 Å². The molecule has 110 valence electrons. The van der Waals surface area contributed by atoms with E-state index in [0.29, 0.717) is 22.3 Å². The highest BCUT2D eigenvalue weighted by Crippen LogP contribution is 2.42. The number of anilines is 1. The van der Waals surface area contributed by atoms with Gasteiger partial charge < -0.3 is 14.8 Å². The molecule has 0 radical (unpaired) electrons. The summed E-state index contributed by atoms with van der Waals surface area (Å²) in [6, 6.07) is 3.66. The molecule has 0 saturated carbocycles. The summed E-state index contributed by atoms with van der Waals surface area (Å²) in [7, 11) is 1.85. The molecular weight excluding hydrogens is 290 g/mol. The van der Waals surface area contributed by atoms with E-state index < -0.39 is 0 Å². The number of nitrogens with one attached hydrogen (secondary N) is 1. The zero-order valence-electron chi connectivity index (χ0n) is 12.2. The maximum atomic E-state index is 6.23. The lowest BCUT2D eigenvalue weighted by atomic mass is 10.1. The summed E-state index contributed by atoms with van der Waals surface area (Å²) >= 11 is 6.23. The van der Waals surface area contributed by atoms with Crippen LogP contribution in [-0.4, -0.2) is 23.8 Å². The maximum absolute atomic E-state index is 6.23. The van der Waals surface area contributed by atoms with Crippen LogP contribution in [0.2, 0.25) is 5.02 Å². The van der Waals surface area contributed by atoms with Gasteiger partial charge in [0, 0.05) is 23.9 Å². The SMILES string of the molecule is CCc1nc(-c2cc(Cl)c3c(c2)OCO3)nc(NC)c1C. The van der Waals surface area contributed by atoms with Gasteiger partial charge in [-0.25, -0.2) is 9.97 Å². The van der Waals surface area contributed by atoms with Gasteiger partial charge in [0.15, 0.2) is 17.3 Å². The molecule has 0 atom stereocenters. The summed E-state index contributed by atoms with van der Waals surface area (Å²) in [6.45, 7) is 4.28. The number of halogens is 1. The normalized spacial score (nSPS) is 12.6. The molecule has 1 N–H and O–H groups in total. The second-order valence-corrected chi connectivity index (χ2v) is 5.17. The number of hydrogen-bond acceptors (Lipinski definition) is 5. The highest BCUT2D eigenvalue weighted by Gasteiger charge is 2.20. The number of benzene rings is 1. The smallest absolute Gasteiger partial charge is 0.231 e. The van der Waals surface area contributed by atoms with Crippen molar-refractivity contribution in [2.45, 2.75) is 20.3 Å². The Morgan fingerprint density at radius 1 is 1.29 bits per heavy atom. The van der Waals surface area contributed by atoms with Crippen LogP contribution >= 0.6 is 11.6 Å². The van der Waals surface area contributed by atoms with Gasteiger partial charge in [-0.3, -0.25) is 0 Å². The highest BCUT2D eigenvalue weighted by atomic mass is 35.5. The van der Waals surface area contributed by atoms with Crippen molar-refractivity contribution in [2.75, 3.05) is 19.2 Å². The van der Waals surface area contributed by atoms with Gasteiger partial charge in [0.2, 0.25) is 6.79 Å². The summed E-state index contributed by atoms with van der Waals surface area (Å²) in [5, 5.41) is 3.61. The van der Waals surface area contributed by atoms with Gasteiger partial charge >= 0.3 is 0 Å². The Hall–Kier alpha value is -2.01. The van der Waals surface area contributed by atoms with Gasteiger partial charge in [-0.15, -0.1) is 0 Å². The Morgan fingerprint density at radius 3 is 2.81 bits per heavy atom. The quantitative estimate of drug-likeness (QED) is 0.941. The van der Waals surface area contributed by atoms with E-state index in [-0.39, 0.29) is 6.79 Å². The minimum Gasteiger partial charge on any atom is -0.454 e. The molecule has 1 aliphatic heterocycles. The average Bonchev–Trinajstić information content (AvgIpc) is 2.96. The summed E-state index contributed by atoms with van der Waals surface area (Å²) < 4.78 is 10.7. The largest absolute Gasteiger partial charge is 0.454 e. The average molecular weight is 306 g/mol. The molecule has 0 bridgehead atoms. The lowest BCUT2D eigenvalue weighted by molar-refractivity contribution is 0.174.